The van der Waals surface area contributed by atoms with Crippen LogP contribution in [0.4, 0.5) is 23.2 Å². The Bertz CT molecular complexity index is 1180. The largest absolute Gasteiger partial charge is 0.505 e. The molecule has 0 aliphatic carbocycles. The summed E-state index contributed by atoms with van der Waals surface area (Å²) in [5.41, 5.74) is 5.39. The lowest BCUT2D eigenvalue weighted by Gasteiger charge is -2.48. The van der Waals surface area contributed by atoms with E-state index in [4.69, 9.17) is 5.73 Å². The van der Waals surface area contributed by atoms with Gasteiger partial charge in [0.25, 0.3) is 5.91 Å². The normalized spacial score (nSPS) is 23.9. The van der Waals surface area contributed by atoms with Gasteiger partial charge in [-0.25, -0.2) is 14.0 Å². The molecule has 2 atom stereocenters. The number of phenols is 1. The number of benzene rings is 1. The van der Waals surface area contributed by atoms with Gasteiger partial charge in [-0.3, -0.25) is 14.5 Å². The van der Waals surface area contributed by atoms with E-state index >= 15 is 0 Å². The molecule has 34 heavy (non-hydrogen) atoms. The summed E-state index contributed by atoms with van der Waals surface area (Å²) in [4.78, 5) is 50.8. The van der Waals surface area contributed by atoms with Gasteiger partial charge in [0.05, 0.1) is 0 Å². The second kappa shape index (κ2) is 8.43. The van der Waals surface area contributed by atoms with E-state index in [0.29, 0.717) is 0 Å². The van der Waals surface area contributed by atoms with Crippen LogP contribution in [-0.4, -0.2) is 63.6 Å². The molecule has 3 N–H and O–H groups in total. The Balaban J connectivity index is 1.67. The van der Waals surface area contributed by atoms with Crippen LogP contribution in [0.5, 0.6) is 5.75 Å². The number of thioether (sulfide) groups is 1. The predicted molar refractivity (Wildman–Crippen MR) is 108 cm³/mol. The lowest BCUT2D eigenvalue weighted by Crippen LogP contribution is -2.68. The smallest absolute Gasteiger partial charge is 0.491 e. The highest BCUT2D eigenvalue weighted by atomic mass is 32.2. The number of halogens is 4. The average Bonchev–Trinajstić information content (AvgIpc) is 3.14. The van der Waals surface area contributed by atoms with Crippen LogP contribution in [0.15, 0.2) is 41.1 Å². The van der Waals surface area contributed by atoms with Crippen molar-refractivity contribution in [2.45, 2.75) is 24.0 Å². The third kappa shape index (κ3) is 4.03. The Morgan fingerprint density at radius 1 is 1.26 bits per heavy atom. The van der Waals surface area contributed by atoms with Gasteiger partial charge in [0, 0.05) is 29.6 Å². The first-order valence-electron chi connectivity index (χ1n) is 9.68. The van der Waals surface area contributed by atoms with Gasteiger partial charge in [-0.1, -0.05) is 0 Å². The van der Waals surface area contributed by atoms with Gasteiger partial charge in [-0.2, -0.15) is 13.2 Å². The fourth-order valence-electron chi connectivity index (χ4n) is 3.70. The number of β-lactam (4-membered cyclic amide) rings is 1. The van der Waals surface area contributed by atoms with Crippen LogP contribution in [-0.2, 0) is 23.9 Å². The molecule has 0 bridgehead atoms. The monoisotopic (exact) mass is 501 g/mol. The molecule has 4 rings (SSSR count). The topological polar surface area (TPSA) is 130 Å². The molecule has 0 saturated carbocycles. The lowest BCUT2D eigenvalue weighted by molar-refractivity contribution is -0.201. The van der Waals surface area contributed by atoms with Crippen molar-refractivity contribution in [3.63, 3.8) is 0 Å². The van der Waals surface area contributed by atoms with Crippen LogP contribution in [0, 0.1) is 5.82 Å². The summed E-state index contributed by atoms with van der Waals surface area (Å²) in [5.74, 6) is -7.30. The van der Waals surface area contributed by atoms with Crippen molar-refractivity contribution in [1.82, 2.24) is 4.90 Å². The number of phenolic OH excluding ortho intramolecular Hbond substituents is 1. The summed E-state index contributed by atoms with van der Waals surface area (Å²) in [5, 5.41) is 8.59. The first kappa shape index (κ1) is 23.8. The van der Waals surface area contributed by atoms with Crippen LogP contribution >= 0.6 is 11.8 Å². The number of carbonyl (C=O) groups is 4. The SMILES string of the molecule is N[C@@H]1C(=O)N2C(C(=O)OC(=O)C(F)(F)F)=C(/C=C3\CCN(c4ccc(O)c(F)c4)C3=O)CS[C@H]12. The Kier molecular flexibility index (Phi) is 5.89. The van der Waals surface area contributed by atoms with Gasteiger partial charge in [-0.15, -0.1) is 11.8 Å². The number of esters is 2. The standard InChI is InChI=1S/C20H15F4N3O6S/c21-11-6-10(1-2-12(11)28)26-4-3-8(15(26)29)5-9-7-34-17-13(25)16(30)27(17)14(9)18(31)33-19(32)20(22,23)24/h1-2,5-6,13,17,28H,3-4,7,25H2/b8-5+/t13-,17-/m1/s1. The maximum absolute atomic E-state index is 13.7. The Morgan fingerprint density at radius 3 is 2.62 bits per heavy atom. The zero-order valence-electron chi connectivity index (χ0n) is 17.0. The first-order chi connectivity index (χ1) is 15.9. The number of rotatable bonds is 3. The number of nitrogens with zero attached hydrogens (tertiary/aromatic N) is 2. The van der Waals surface area contributed by atoms with Gasteiger partial charge >= 0.3 is 18.1 Å². The third-order valence-corrected chi connectivity index (χ3v) is 6.69. The molecule has 0 spiro atoms. The van der Waals surface area contributed by atoms with Crippen LogP contribution < -0.4 is 10.6 Å². The van der Waals surface area contributed by atoms with Crippen molar-refractivity contribution >= 4 is 41.2 Å². The molecular formula is C20H15F4N3O6S. The van der Waals surface area contributed by atoms with Crippen LogP contribution in [0.2, 0.25) is 0 Å². The van der Waals surface area contributed by atoms with Gasteiger partial charge in [0.15, 0.2) is 11.6 Å². The summed E-state index contributed by atoms with van der Waals surface area (Å²) in [6.07, 6.45) is -4.06. The number of fused-ring (bicyclic) bond motifs is 1. The molecule has 180 valence electrons. The number of allylic oxidation sites excluding steroid dienone is 1. The maximum Gasteiger partial charge on any atom is 0.491 e. The molecule has 3 heterocycles. The molecule has 3 aliphatic rings. The van der Waals surface area contributed by atoms with Crippen molar-refractivity contribution in [2.75, 3.05) is 17.2 Å². The van der Waals surface area contributed by atoms with E-state index in [2.05, 4.69) is 4.74 Å². The molecule has 1 aromatic carbocycles. The molecule has 2 fully saturated rings. The van der Waals surface area contributed by atoms with Gasteiger partial charge in [0.1, 0.15) is 17.1 Å². The molecule has 2 amide bonds. The Hall–Kier alpha value is -3.39. The summed E-state index contributed by atoms with van der Waals surface area (Å²) < 4.78 is 55.4. The number of hydrogen-bond acceptors (Lipinski definition) is 8. The van der Waals surface area contributed by atoms with Gasteiger partial charge in [0.2, 0.25) is 5.91 Å². The predicted octanol–water partition coefficient (Wildman–Crippen LogP) is 1.32. The van der Waals surface area contributed by atoms with E-state index < -0.39 is 58.6 Å². The lowest BCUT2D eigenvalue weighted by atomic mass is 10.0. The fourth-order valence-corrected chi connectivity index (χ4v) is 4.95. The molecule has 3 aliphatic heterocycles. The second-order valence-corrected chi connectivity index (χ2v) is 8.60. The number of nitrogens with two attached hydrogens (primary N) is 1. The van der Waals surface area contributed by atoms with Crippen molar-refractivity contribution in [1.29, 1.82) is 0 Å². The molecule has 9 nitrogen and oxygen atoms in total. The van der Waals surface area contributed by atoms with Gasteiger partial charge in [-0.05, 0) is 30.2 Å². The molecule has 14 heteroatoms. The summed E-state index contributed by atoms with van der Waals surface area (Å²) in [6.45, 7) is 0.123. The van der Waals surface area contributed by atoms with Crippen LogP contribution in [0.1, 0.15) is 6.42 Å². The summed E-state index contributed by atoms with van der Waals surface area (Å²) in [7, 11) is 0. The number of amides is 2. The Morgan fingerprint density at radius 2 is 1.97 bits per heavy atom. The second-order valence-electron chi connectivity index (χ2n) is 7.50. The highest BCUT2D eigenvalue weighted by Gasteiger charge is 2.53. The summed E-state index contributed by atoms with van der Waals surface area (Å²) in [6, 6.07) is 2.37. The number of ether oxygens (including phenoxy) is 1. The number of aromatic hydroxyl groups is 1. The van der Waals surface area contributed by atoms with Gasteiger partial charge < -0.3 is 20.5 Å². The molecule has 0 radical (unpaired) electrons. The molecule has 1 aromatic rings. The van der Waals surface area contributed by atoms with E-state index in [-0.39, 0.29) is 35.6 Å². The number of alkyl halides is 3. The first-order valence-corrected chi connectivity index (χ1v) is 10.7. The zero-order valence-corrected chi connectivity index (χ0v) is 17.8. The average molecular weight is 501 g/mol. The molecule has 0 unspecified atom stereocenters. The highest BCUT2D eigenvalue weighted by Crippen LogP contribution is 2.41. The minimum absolute atomic E-state index is 0.00257. The molecule has 2 saturated heterocycles. The van der Waals surface area contributed by atoms with E-state index in [1.165, 1.54) is 17.0 Å². The quantitative estimate of drug-likeness (QED) is 0.209. The zero-order chi connectivity index (χ0) is 24.9. The Labute approximate surface area is 192 Å². The molecular weight excluding hydrogens is 486 g/mol. The third-order valence-electron chi connectivity index (χ3n) is 5.37. The van der Waals surface area contributed by atoms with Crippen molar-refractivity contribution < 1.29 is 46.6 Å². The van der Waals surface area contributed by atoms with E-state index in [0.717, 1.165) is 28.8 Å². The molecule has 0 aromatic heterocycles. The fraction of sp³-hybridized carbons (Fsp3) is 0.300. The number of hydrogen-bond donors (Lipinski definition) is 2. The van der Waals surface area contributed by atoms with Crippen molar-refractivity contribution in [3.05, 3.63) is 46.9 Å². The van der Waals surface area contributed by atoms with Crippen LogP contribution in [0.25, 0.3) is 0 Å². The number of carbonyl (C=O) groups excluding carboxylic acids is 4. The highest BCUT2D eigenvalue weighted by molar-refractivity contribution is 8.00. The number of anilines is 1. The summed E-state index contributed by atoms with van der Waals surface area (Å²) >= 11 is 1.12. The maximum atomic E-state index is 13.7. The minimum atomic E-state index is -5.44. The van der Waals surface area contributed by atoms with Crippen molar-refractivity contribution in [3.8, 4) is 5.75 Å². The van der Waals surface area contributed by atoms with Crippen molar-refractivity contribution in [2.24, 2.45) is 5.73 Å². The minimum Gasteiger partial charge on any atom is -0.505 e. The van der Waals surface area contributed by atoms with Crippen LogP contribution in [0.3, 0.4) is 0 Å². The van der Waals surface area contributed by atoms with E-state index in [1.807, 2.05) is 0 Å². The van der Waals surface area contributed by atoms with E-state index in [9.17, 15) is 41.8 Å². The van der Waals surface area contributed by atoms with E-state index in [1.54, 1.807) is 0 Å².